The second-order valence-electron chi connectivity index (χ2n) is 6.22. The van der Waals surface area contributed by atoms with Crippen LogP contribution in [-0.2, 0) is 19.6 Å². The normalized spacial score (nSPS) is 15.2. The van der Waals surface area contributed by atoms with Crippen molar-refractivity contribution in [3.05, 3.63) is 24.3 Å². The summed E-state index contributed by atoms with van der Waals surface area (Å²) < 4.78 is 26.8. The molecule has 0 saturated carbocycles. The lowest BCUT2D eigenvalue weighted by atomic mass is 9.98. The van der Waals surface area contributed by atoms with Crippen LogP contribution in [0, 0.1) is 17.2 Å². The van der Waals surface area contributed by atoms with Gasteiger partial charge in [0.2, 0.25) is 21.8 Å². The molecule has 8 nitrogen and oxygen atoms in total. The first kappa shape index (κ1) is 19.7. The van der Waals surface area contributed by atoms with Crippen LogP contribution < -0.4 is 10.0 Å². The topological polar surface area (TPSA) is 119 Å². The third-order valence-corrected chi connectivity index (χ3v) is 5.36. The molecule has 9 heteroatoms. The molecule has 0 spiro atoms. The van der Waals surface area contributed by atoms with Crippen LogP contribution in [0.15, 0.2) is 24.3 Å². The van der Waals surface area contributed by atoms with Crippen molar-refractivity contribution in [3.63, 3.8) is 0 Å². The first-order valence-electron chi connectivity index (χ1n) is 8.34. The fourth-order valence-electron chi connectivity index (χ4n) is 2.73. The van der Waals surface area contributed by atoms with E-state index in [1.807, 2.05) is 0 Å². The minimum absolute atomic E-state index is 0.0275. The molecule has 0 aromatic heterocycles. The van der Waals surface area contributed by atoms with Crippen LogP contribution in [0.4, 0.5) is 11.4 Å². The number of piperidine rings is 1. The van der Waals surface area contributed by atoms with Crippen molar-refractivity contribution in [1.82, 2.24) is 4.90 Å². The van der Waals surface area contributed by atoms with Crippen molar-refractivity contribution in [1.29, 1.82) is 5.26 Å². The maximum Gasteiger partial charge on any atom is 0.233 e. The van der Waals surface area contributed by atoms with Gasteiger partial charge in [-0.2, -0.15) is 5.26 Å². The molecule has 0 radical (unpaired) electrons. The van der Waals surface area contributed by atoms with E-state index in [1.165, 1.54) is 13.0 Å². The molecular formula is C17H22N4O4S. The van der Waals surface area contributed by atoms with Crippen molar-refractivity contribution in [3.8, 4) is 6.07 Å². The third kappa shape index (κ3) is 6.04. The van der Waals surface area contributed by atoms with Crippen LogP contribution in [-0.4, -0.2) is 44.0 Å². The number of sulfonamides is 1. The van der Waals surface area contributed by atoms with Crippen molar-refractivity contribution in [2.24, 2.45) is 5.92 Å². The van der Waals surface area contributed by atoms with Gasteiger partial charge in [0, 0.05) is 38.0 Å². The molecule has 1 aromatic rings. The molecule has 1 aromatic carbocycles. The smallest absolute Gasteiger partial charge is 0.233 e. The first-order valence-corrected chi connectivity index (χ1v) is 10.00. The second-order valence-corrected chi connectivity index (χ2v) is 8.06. The fraction of sp³-hybridized carbons (Fsp3) is 0.471. The summed E-state index contributed by atoms with van der Waals surface area (Å²) >= 11 is 0. The zero-order valence-corrected chi connectivity index (χ0v) is 15.4. The minimum atomic E-state index is -3.69. The molecule has 26 heavy (non-hydrogen) atoms. The van der Waals surface area contributed by atoms with Crippen LogP contribution in [0.1, 0.15) is 26.2 Å². The zero-order valence-electron chi connectivity index (χ0n) is 14.6. The van der Waals surface area contributed by atoms with Crippen molar-refractivity contribution in [2.45, 2.75) is 26.2 Å². The lowest BCUT2D eigenvalue weighted by Crippen LogP contribution is -2.39. The largest absolute Gasteiger partial charge is 0.343 e. The average Bonchev–Trinajstić information content (AvgIpc) is 2.59. The van der Waals surface area contributed by atoms with Crippen LogP contribution in [0.2, 0.25) is 0 Å². The summed E-state index contributed by atoms with van der Waals surface area (Å²) in [5.41, 5.74) is 0.799. The highest BCUT2D eigenvalue weighted by atomic mass is 32.2. The standard InChI is InChI=1S/C17H22N4O4S/c1-13(22)19-15-3-2-4-16(11-15)20-26(24,25)10-7-17(23)21-8-5-14(12-18)6-9-21/h2-4,11,14,20H,5-10H2,1H3,(H,19,22). The molecule has 1 fully saturated rings. The van der Waals surface area contributed by atoms with Gasteiger partial charge in [-0.15, -0.1) is 0 Å². The Bertz CT molecular complexity index is 808. The van der Waals surface area contributed by atoms with Gasteiger partial charge in [-0.25, -0.2) is 8.42 Å². The van der Waals surface area contributed by atoms with E-state index < -0.39 is 10.0 Å². The Morgan fingerprint density at radius 2 is 1.92 bits per heavy atom. The van der Waals surface area contributed by atoms with E-state index in [1.54, 1.807) is 23.1 Å². The Balaban J connectivity index is 1.88. The Morgan fingerprint density at radius 1 is 1.27 bits per heavy atom. The molecule has 0 unspecified atom stereocenters. The van der Waals surface area contributed by atoms with Crippen LogP contribution in [0.25, 0.3) is 0 Å². The zero-order chi connectivity index (χ0) is 19.2. The molecule has 1 heterocycles. The summed E-state index contributed by atoms with van der Waals surface area (Å²) in [4.78, 5) is 24.9. The lowest BCUT2D eigenvalue weighted by molar-refractivity contribution is -0.131. The molecule has 2 N–H and O–H groups in total. The number of nitrogens with zero attached hydrogens (tertiary/aromatic N) is 2. The van der Waals surface area contributed by atoms with Crippen LogP contribution in [0.3, 0.4) is 0 Å². The number of hydrogen-bond donors (Lipinski definition) is 2. The number of benzene rings is 1. The van der Waals surface area contributed by atoms with E-state index in [-0.39, 0.29) is 29.9 Å². The number of rotatable bonds is 6. The van der Waals surface area contributed by atoms with Gasteiger partial charge >= 0.3 is 0 Å². The third-order valence-electron chi connectivity index (χ3n) is 4.07. The average molecular weight is 378 g/mol. The molecule has 1 aliphatic heterocycles. The minimum Gasteiger partial charge on any atom is -0.343 e. The van der Waals surface area contributed by atoms with Crippen LogP contribution in [0.5, 0.6) is 0 Å². The van der Waals surface area contributed by atoms with E-state index >= 15 is 0 Å². The number of hydrogen-bond acceptors (Lipinski definition) is 5. The summed E-state index contributed by atoms with van der Waals surface area (Å²) in [6.07, 6.45) is 1.14. The number of likely N-dealkylation sites (tertiary alicyclic amines) is 1. The Hall–Kier alpha value is -2.60. The summed E-state index contributed by atoms with van der Waals surface area (Å²) in [5.74, 6) is -0.830. The monoisotopic (exact) mass is 378 g/mol. The van der Waals surface area contributed by atoms with Crippen molar-refractivity contribution in [2.75, 3.05) is 28.9 Å². The number of nitrogens with one attached hydrogen (secondary N) is 2. The van der Waals surface area contributed by atoms with Crippen molar-refractivity contribution >= 4 is 33.2 Å². The predicted molar refractivity (Wildman–Crippen MR) is 97.7 cm³/mol. The van der Waals surface area contributed by atoms with E-state index in [4.69, 9.17) is 5.26 Å². The highest BCUT2D eigenvalue weighted by molar-refractivity contribution is 7.92. The SMILES string of the molecule is CC(=O)Nc1cccc(NS(=O)(=O)CCC(=O)N2CCC(C#N)CC2)c1. The van der Waals surface area contributed by atoms with Gasteiger partial charge in [0.15, 0.2) is 0 Å². The molecule has 2 amide bonds. The van der Waals surface area contributed by atoms with E-state index in [2.05, 4.69) is 16.1 Å². The molecule has 0 atom stereocenters. The van der Waals surface area contributed by atoms with Gasteiger partial charge in [0.05, 0.1) is 17.5 Å². The molecule has 0 bridgehead atoms. The molecule has 2 rings (SSSR count). The maximum atomic E-state index is 12.2. The number of anilines is 2. The highest BCUT2D eigenvalue weighted by Crippen LogP contribution is 2.18. The van der Waals surface area contributed by atoms with Crippen LogP contribution >= 0.6 is 0 Å². The van der Waals surface area contributed by atoms with Gasteiger partial charge in [-0.1, -0.05) is 6.07 Å². The van der Waals surface area contributed by atoms with Gasteiger partial charge < -0.3 is 10.2 Å². The number of nitriles is 1. The van der Waals surface area contributed by atoms with Crippen molar-refractivity contribution < 1.29 is 18.0 Å². The lowest BCUT2D eigenvalue weighted by Gasteiger charge is -2.29. The highest BCUT2D eigenvalue weighted by Gasteiger charge is 2.23. The molecular weight excluding hydrogens is 356 g/mol. The first-order chi connectivity index (χ1) is 12.3. The van der Waals surface area contributed by atoms with Gasteiger partial charge in [-0.05, 0) is 31.0 Å². The number of carbonyl (C=O) groups is 2. The quantitative estimate of drug-likeness (QED) is 0.778. The maximum absolute atomic E-state index is 12.2. The summed E-state index contributed by atoms with van der Waals surface area (Å²) in [5, 5.41) is 11.4. The molecule has 140 valence electrons. The Morgan fingerprint density at radius 3 is 2.54 bits per heavy atom. The number of carbonyl (C=O) groups excluding carboxylic acids is 2. The van der Waals surface area contributed by atoms with Gasteiger partial charge in [0.1, 0.15) is 0 Å². The molecule has 0 aliphatic carbocycles. The summed E-state index contributed by atoms with van der Waals surface area (Å²) in [6.45, 7) is 2.34. The number of amides is 2. The Kier molecular flexibility index (Phi) is 6.58. The van der Waals surface area contributed by atoms with E-state index in [0.717, 1.165) is 0 Å². The predicted octanol–water partition coefficient (Wildman–Crippen LogP) is 1.54. The summed E-state index contributed by atoms with van der Waals surface area (Å²) in [6, 6.07) is 8.53. The summed E-state index contributed by atoms with van der Waals surface area (Å²) in [7, 11) is -3.69. The molecule has 1 saturated heterocycles. The molecule has 1 aliphatic rings. The van der Waals surface area contributed by atoms with E-state index in [0.29, 0.717) is 37.3 Å². The Labute approximate surface area is 153 Å². The van der Waals surface area contributed by atoms with E-state index in [9.17, 15) is 18.0 Å². The van der Waals surface area contributed by atoms with Gasteiger partial charge in [-0.3, -0.25) is 14.3 Å². The second kappa shape index (κ2) is 8.67. The van der Waals surface area contributed by atoms with Gasteiger partial charge in [0.25, 0.3) is 0 Å². The fourth-order valence-corrected chi connectivity index (χ4v) is 3.76.